The van der Waals surface area contributed by atoms with Crippen molar-refractivity contribution in [2.75, 3.05) is 5.32 Å². The zero-order valence-electron chi connectivity index (χ0n) is 14.3. The van der Waals surface area contributed by atoms with Gasteiger partial charge in [0.2, 0.25) is 15.9 Å². The van der Waals surface area contributed by atoms with Crippen molar-refractivity contribution in [1.82, 2.24) is 0 Å². The molecule has 5 nitrogen and oxygen atoms in total. The van der Waals surface area contributed by atoms with Gasteiger partial charge in [-0.2, -0.15) is 0 Å². The van der Waals surface area contributed by atoms with Crippen molar-refractivity contribution in [2.45, 2.75) is 37.0 Å². The van der Waals surface area contributed by atoms with Gasteiger partial charge in [-0.3, -0.25) is 4.79 Å². The van der Waals surface area contributed by atoms with E-state index in [4.69, 9.17) is 5.14 Å². The van der Waals surface area contributed by atoms with Crippen molar-refractivity contribution in [3.05, 3.63) is 59.7 Å². The van der Waals surface area contributed by atoms with E-state index in [1.807, 2.05) is 0 Å². The Balaban J connectivity index is 1.61. The minimum absolute atomic E-state index is 0.0278. The Kier molecular flexibility index (Phi) is 4.67. The number of primary sulfonamides is 1. The molecule has 132 valence electrons. The van der Waals surface area contributed by atoms with Crippen LogP contribution in [-0.4, -0.2) is 14.3 Å². The molecule has 3 N–H and O–H groups in total. The summed E-state index contributed by atoms with van der Waals surface area (Å²) in [5.74, 6) is 0.668. The first kappa shape index (κ1) is 17.6. The minimum Gasteiger partial charge on any atom is -0.326 e. The van der Waals surface area contributed by atoms with Crippen LogP contribution in [0.15, 0.2) is 53.4 Å². The number of nitrogens with two attached hydrogens (primary N) is 1. The maximum atomic E-state index is 12.4. The molecule has 0 radical (unpaired) electrons. The number of hydrogen-bond acceptors (Lipinski definition) is 3. The van der Waals surface area contributed by atoms with Crippen LogP contribution in [0.2, 0.25) is 0 Å². The molecule has 2 aromatic rings. The van der Waals surface area contributed by atoms with E-state index in [2.05, 4.69) is 43.4 Å². The Labute approximate surface area is 148 Å². The van der Waals surface area contributed by atoms with Crippen molar-refractivity contribution >= 4 is 21.6 Å². The number of amides is 1. The van der Waals surface area contributed by atoms with Gasteiger partial charge in [-0.25, -0.2) is 13.6 Å². The first-order valence-corrected chi connectivity index (χ1v) is 9.84. The highest BCUT2D eigenvalue weighted by molar-refractivity contribution is 7.89. The van der Waals surface area contributed by atoms with Crippen LogP contribution >= 0.6 is 0 Å². The Morgan fingerprint density at radius 3 is 2.20 bits per heavy atom. The summed E-state index contributed by atoms with van der Waals surface area (Å²) in [5.41, 5.74) is 3.05. The Bertz CT molecular complexity index is 872. The predicted molar refractivity (Wildman–Crippen MR) is 97.8 cm³/mol. The third-order valence-electron chi connectivity index (χ3n) is 4.61. The van der Waals surface area contributed by atoms with Gasteiger partial charge >= 0.3 is 0 Å². The largest absolute Gasteiger partial charge is 0.326 e. The molecule has 25 heavy (non-hydrogen) atoms. The number of hydrogen-bond donors (Lipinski definition) is 2. The number of nitrogens with one attached hydrogen (secondary N) is 1. The van der Waals surface area contributed by atoms with Gasteiger partial charge in [-0.15, -0.1) is 0 Å². The molecule has 2 atom stereocenters. The molecule has 0 spiro atoms. The molecule has 0 aliphatic heterocycles. The minimum atomic E-state index is -3.72. The van der Waals surface area contributed by atoms with Gasteiger partial charge in [-0.05, 0) is 53.6 Å². The monoisotopic (exact) mass is 358 g/mol. The Morgan fingerprint density at radius 2 is 1.68 bits per heavy atom. The zero-order chi connectivity index (χ0) is 18.2. The lowest BCUT2D eigenvalue weighted by Crippen LogP contribution is -2.15. The molecule has 1 fully saturated rings. The second kappa shape index (κ2) is 6.61. The standard InChI is InChI=1S/C19H22N2O3S/c1-12(2)13-3-5-14(6-4-13)17-11-18(17)19(22)21-15-7-9-16(10-8-15)25(20,23)24/h3-10,12,17-18H,11H2,1-2H3,(H,21,22)(H2,20,23,24). The topological polar surface area (TPSA) is 89.3 Å². The number of carbonyl (C=O) groups excluding carboxylic acids is 1. The van der Waals surface area contributed by atoms with Gasteiger partial charge in [0.1, 0.15) is 0 Å². The Morgan fingerprint density at radius 1 is 1.08 bits per heavy atom. The average Bonchev–Trinajstić information content (AvgIpc) is 3.35. The van der Waals surface area contributed by atoms with E-state index in [9.17, 15) is 13.2 Å². The smallest absolute Gasteiger partial charge is 0.238 e. The summed E-state index contributed by atoms with van der Waals surface area (Å²) >= 11 is 0. The normalized spacial score (nSPS) is 19.7. The van der Waals surface area contributed by atoms with E-state index in [1.54, 1.807) is 12.1 Å². The number of rotatable bonds is 5. The summed E-state index contributed by atoms with van der Waals surface area (Å²) in [6, 6.07) is 14.3. The first-order chi connectivity index (χ1) is 11.8. The van der Waals surface area contributed by atoms with Crippen LogP contribution < -0.4 is 10.5 Å². The summed E-state index contributed by atoms with van der Waals surface area (Å²) in [6.07, 6.45) is 0.835. The zero-order valence-corrected chi connectivity index (χ0v) is 15.1. The van der Waals surface area contributed by atoms with Gasteiger partial charge in [0, 0.05) is 11.6 Å². The van der Waals surface area contributed by atoms with Gasteiger partial charge < -0.3 is 5.32 Å². The van der Waals surface area contributed by atoms with E-state index in [1.165, 1.54) is 23.3 Å². The molecule has 1 aliphatic carbocycles. The van der Waals surface area contributed by atoms with Gasteiger partial charge in [-0.1, -0.05) is 38.1 Å². The van der Waals surface area contributed by atoms with Crippen LogP contribution in [-0.2, 0) is 14.8 Å². The maximum Gasteiger partial charge on any atom is 0.238 e. The molecule has 0 bridgehead atoms. The molecule has 0 saturated heterocycles. The summed E-state index contributed by atoms with van der Waals surface area (Å²) in [6.45, 7) is 4.31. The highest BCUT2D eigenvalue weighted by atomic mass is 32.2. The molecule has 1 aliphatic rings. The predicted octanol–water partition coefficient (Wildman–Crippen LogP) is 3.20. The number of carbonyl (C=O) groups is 1. The van der Waals surface area contributed by atoms with Crippen molar-refractivity contribution in [1.29, 1.82) is 0 Å². The first-order valence-electron chi connectivity index (χ1n) is 8.29. The van der Waals surface area contributed by atoms with E-state index >= 15 is 0 Å². The highest BCUT2D eigenvalue weighted by Crippen LogP contribution is 2.48. The summed E-state index contributed by atoms with van der Waals surface area (Å²) < 4.78 is 22.5. The van der Waals surface area contributed by atoms with Crippen molar-refractivity contribution in [3.63, 3.8) is 0 Å². The fourth-order valence-corrected chi connectivity index (χ4v) is 3.46. The second-order valence-corrected chi connectivity index (χ2v) is 8.39. The lowest BCUT2D eigenvalue weighted by atomic mass is 10.00. The number of benzene rings is 2. The van der Waals surface area contributed by atoms with Crippen LogP contribution in [0, 0.1) is 5.92 Å². The molecule has 6 heteroatoms. The molecule has 1 amide bonds. The molecule has 2 unspecified atom stereocenters. The Hall–Kier alpha value is -2.18. The van der Waals surface area contributed by atoms with Crippen molar-refractivity contribution in [3.8, 4) is 0 Å². The fraction of sp³-hybridized carbons (Fsp3) is 0.316. The van der Waals surface area contributed by atoms with E-state index in [0.717, 1.165) is 6.42 Å². The lowest BCUT2D eigenvalue weighted by Gasteiger charge is -2.08. The summed E-state index contributed by atoms with van der Waals surface area (Å²) in [4.78, 5) is 12.4. The molecule has 2 aromatic carbocycles. The summed E-state index contributed by atoms with van der Waals surface area (Å²) in [7, 11) is -3.72. The molecular weight excluding hydrogens is 336 g/mol. The van der Waals surface area contributed by atoms with E-state index in [-0.39, 0.29) is 22.6 Å². The van der Waals surface area contributed by atoms with Gasteiger partial charge in [0.05, 0.1) is 4.90 Å². The SMILES string of the molecule is CC(C)c1ccc(C2CC2C(=O)Nc2ccc(S(N)(=O)=O)cc2)cc1. The average molecular weight is 358 g/mol. The van der Waals surface area contributed by atoms with Crippen LogP contribution in [0.25, 0.3) is 0 Å². The summed E-state index contributed by atoms with van der Waals surface area (Å²) in [5, 5.41) is 7.90. The molecule has 1 saturated carbocycles. The van der Waals surface area contributed by atoms with E-state index < -0.39 is 10.0 Å². The number of sulfonamides is 1. The highest BCUT2D eigenvalue weighted by Gasteiger charge is 2.43. The van der Waals surface area contributed by atoms with Crippen LogP contribution in [0.4, 0.5) is 5.69 Å². The molecule has 0 heterocycles. The van der Waals surface area contributed by atoms with Crippen LogP contribution in [0.3, 0.4) is 0 Å². The lowest BCUT2D eigenvalue weighted by molar-refractivity contribution is -0.117. The van der Waals surface area contributed by atoms with Crippen LogP contribution in [0.1, 0.15) is 43.2 Å². The third kappa shape index (κ3) is 4.08. The molecule has 0 aromatic heterocycles. The molecular formula is C19H22N2O3S. The van der Waals surface area contributed by atoms with Crippen molar-refractivity contribution < 1.29 is 13.2 Å². The second-order valence-electron chi connectivity index (χ2n) is 6.83. The molecule has 3 rings (SSSR count). The number of anilines is 1. The maximum absolute atomic E-state index is 12.4. The van der Waals surface area contributed by atoms with E-state index in [0.29, 0.717) is 11.6 Å². The van der Waals surface area contributed by atoms with Crippen LogP contribution in [0.5, 0.6) is 0 Å². The van der Waals surface area contributed by atoms with Gasteiger partial charge in [0.15, 0.2) is 0 Å². The van der Waals surface area contributed by atoms with Gasteiger partial charge in [0.25, 0.3) is 0 Å². The van der Waals surface area contributed by atoms with Crippen molar-refractivity contribution in [2.24, 2.45) is 11.1 Å². The fourth-order valence-electron chi connectivity index (χ4n) is 2.94. The third-order valence-corrected chi connectivity index (χ3v) is 5.54. The quantitative estimate of drug-likeness (QED) is 0.860.